The molecule has 1 aliphatic rings. The van der Waals surface area contributed by atoms with Crippen molar-refractivity contribution in [2.24, 2.45) is 4.99 Å². The maximum atomic E-state index is 10.8. The van der Waals surface area contributed by atoms with Gasteiger partial charge in [0.15, 0.2) is 5.96 Å². The molecule has 0 radical (unpaired) electrons. The Morgan fingerprint density at radius 1 is 1.25 bits per heavy atom. The summed E-state index contributed by atoms with van der Waals surface area (Å²) in [6.07, 6.45) is 3.23. The highest BCUT2D eigenvalue weighted by Gasteiger charge is 2.21. The fourth-order valence-corrected chi connectivity index (χ4v) is 3.12. The van der Waals surface area contributed by atoms with Gasteiger partial charge in [-0.1, -0.05) is 19.1 Å². The summed E-state index contributed by atoms with van der Waals surface area (Å²) >= 11 is 0. The molecule has 158 valence electrons. The van der Waals surface area contributed by atoms with Crippen molar-refractivity contribution in [3.8, 4) is 0 Å². The quantitative estimate of drug-likeness (QED) is 0.194. The van der Waals surface area contributed by atoms with Gasteiger partial charge in [0.2, 0.25) is 0 Å². The fourth-order valence-electron chi connectivity index (χ4n) is 3.12. The Balaban J connectivity index is 0.00000392. The Hall–Kier alpha value is -1.42. The molecular formula is C20H34IN5O2. The first-order chi connectivity index (χ1) is 12.9. The summed E-state index contributed by atoms with van der Waals surface area (Å²) in [6, 6.07) is 7.95. The van der Waals surface area contributed by atoms with E-state index in [0.717, 1.165) is 43.9 Å². The number of guanidine groups is 1. The molecular weight excluding hydrogens is 469 g/mol. The van der Waals surface area contributed by atoms with Gasteiger partial charge in [0.25, 0.3) is 5.69 Å². The van der Waals surface area contributed by atoms with Crippen LogP contribution in [0.4, 0.5) is 5.69 Å². The first-order valence-corrected chi connectivity index (χ1v) is 9.94. The molecule has 0 amide bonds. The third-order valence-corrected chi connectivity index (χ3v) is 5.16. The van der Waals surface area contributed by atoms with E-state index in [1.165, 1.54) is 12.1 Å². The summed E-state index contributed by atoms with van der Waals surface area (Å²) in [5.41, 5.74) is 1.07. The van der Waals surface area contributed by atoms with Gasteiger partial charge in [-0.05, 0) is 45.6 Å². The van der Waals surface area contributed by atoms with Gasteiger partial charge < -0.3 is 15.5 Å². The van der Waals surface area contributed by atoms with Gasteiger partial charge in [0, 0.05) is 43.3 Å². The molecule has 2 N–H and O–H groups in total. The van der Waals surface area contributed by atoms with Crippen LogP contribution in [0, 0.1) is 10.1 Å². The number of nitro groups is 1. The monoisotopic (exact) mass is 503 g/mol. The third-order valence-electron chi connectivity index (χ3n) is 5.16. The molecule has 1 saturated heterocycles. The SMILES string of the molecule is CCC(C)NC(=NCc1ccc([N+](=O)[O-])cc1)NC1CCN(C(C)C)CC1.I. The highest BCUT2D eigenvalue weighted by Crippen LogP contribution is 2.14. The second-order valence-electron chi connectivity index (χ2n) is 7.59. The molecule has 1 heterocycles. The normalized spacial score (nSPS) is 17.1. The summed E-state index contributed by atoms with van der Waals surface area (Å²) in [6.45, 7) is 11.5. The van der Waals surface area contributed by atoms with Crippen LogP contribution in [0.1, 0.15) is 52.5 Å². The summed E-state index contributed by atoms with van der Waals surface area (Å²) in [5.74, 6) is 0.825. The number of nitro benzene ring substituents is 1. The van der Waals surface area contributed by atoms with Gasteiger partial charge in [-0.25, -0.2) is 4.99 Å². The smallest absolute Gasteiger partial charge is 0.269 e. The molecule has 8 heteroatoms. The Kier molecular flexibility index (Phi) is 10.7. The van der Waals surface area contributed by atoms with Gasteiger partial charge in [-0.15, -0.1) is 24.0 Å². The van der Waals surface area contributed by atoms with E-state index in [0.29, 0.717) is 24.7 Å². The van der Waals surface area contributed by atoms with Crippen molar-refractivity contribution in [3.63, 3.8) is 0 Å². The minimum Gasteiger partial charge on any atom is -0.354 e. The van der Waals surface area contributed by atoms with Crippen molar-refractivity contribution in [1.82, 2.24) is 15.5 Å². The van der Waals surface area contributed by atoms with Crippen LogP contribution in [0.25, 0.3) is 0 Å². The predicted molar refractivity (Wildman–Crippen MR) is 125 cm³/mol. The maximum Gasteiger partial charge on any atom is 0.269 e. The average Bonchev–Trinajstić information content (AvgIpc) is 2.66. The topological polar surface area (TPSA) is 82.8 Å². The molecule has 1 atom stereocenters. The first kappa shape index (κ1) is 24.6. The second-order valence-corrected chi connectivity index (χ2v) is 7.59. The van der Waals surface area contributed by atoms with Crippen molar-refractivity contribution >= 4 is 35.6 Å². The Bertz CT molecular complexity index is 628. The van der Waals surface area contributed by atoms with E-state index < -0.39 is 0 Å². The van der Waals surface area contributed by atoms with Crippen molar-refractivity contribution in [3.05, 3.63) is 39.9 Å². The lowest BCUT2D eigenvalue weighted by Gasteiger charge is -2.35. The van der Waals surface area contributed by atoms with E-state index in [1.54, 1.807) is 12.1 Å². The van der Waals surface area contributed by atoms with Crippen molar-refractivity contribution in [2.75, 3.05) is 13.1 Å². The molecule has 1 fully saturated rings. The number of halogens is 1. The zero-order valence-corrected chi connectivity index (χ0v) is 19.7. The number of nitrogens with zero attached hydrogens (tertiary/aromatic N) is 3. The highest BCUT2D eigenvalue weighted by molar-refractivity contribution is 14.0. The highest BCUT2D eigenvalue weighted by atomic mass is 127. The summed E-state index contributed by atoms with van der Waals surface area (Å²) in [4.78, 5) is 17.6. The largest absolute Gasteiger partial charge is 0.354 e. The van der Waals surface area contributed by atoms with E-state index in [2.05, 4.69) is 43.2 Å². The van der Waals surface area contributed by atoms with E-state index in [-0.39, 0.29) is 34.6 Å². The number of hydrogen-bond acceptors (Lipinski definition) is 4. The van der Waals surface area contributed by atoms with Gasteiger partial charge >= 0.3 is 0 Å². The molecule has 0 aromatic heterocycles. The Morgan fingerprint density at radius 3 is 2.36 bits per heavy atom. The maximum absolute atomic E-state index is 10.8. The molecule has 28 heavy (non-hydrogen) atoms. The molecule has 7 nitrogen and oxygen atoms in total. The van der Waals surface area contributed by atoms with E-state index in [4.69, 9.17) is 4.99 Å². The number of benzene rings is 1. The third kappa shape index (κ3) is 7.90. The van der Waals surface area contributed by atoms with Crippen LogP contribution in [0.3, 0.4) is 0 Å². The second kappa shape index (κ2) is 12.2. The number of piperidine rings is 1. The van der Waals surface area contributed by atoms with Crippen molar-refractivity contribution < 1.29 is 4.92 Å². The van der Waals surface area contributed by atoms with Crippen LogP contribution in [0.2, 0.25) is 0 Å². The zero-order valence-electron chi connectivity index (χ0n) is 17.4. The molecule has 0 saturated carbocycles. The molecule has 1 aromatic carbocycles. The number of non-ortho nitro benzene ring substituents is 1. The number of rotatable bonds is 7. The van der Waals surface area contributed by atoms with Crippen molar-refractivity contribution in [2.45, 2.75) is 71.6 Å². The van der Waals surface area contributed by atoms with Gasteiger partial charge in [0.05, 0.1) is 11.5 Å². The van der Waals surface area contributed by atoms with E-state index >= 15 is 0 Å². The first-order valence-electron chi connectivity index (χ1n) is 9.94. The van der Waals surface area contributed by atoms with Crippen LogP contribution in [-0.2, 0) is 6.54 Å². The zero-order chi connectivity index (χ0) is 19.8. The van der Waals surface area contributed by atoms with Crippen molar-refractivity contribution in [1.29, 1.82) is 0 Å². The molecule has 0 bridgehead atoms. The molecule has 1 unspecified atom stereocenters. The van der Waals surface area contributed by atoms with Crippen LogP contribution >= 0.6 is 24.0 Å². The summed E-state index contributed by atoms with van der Waals surface area (Å²) < 4.78 is 0. The Morgan fingerprint density at radius 2 is 1.86 bits per heavy atom. The minimum atomic E-state index is -0.381. The van der Waals surface area contributed by atoms with Gasteiger partial charge in [-0.2, -0.15) is 0 Å². The summed E-state index contributed by atoms with van der Waals surface area (Å²) in [5, 5.41) is 17.8. The number of aliphatic imine (C=N–C) groups is 1. The lowest BCUT2D eigenvalue weighted by Crippen LogP contribution is -2.51. The number of hydrogen-bond donors (Lipinski definition) is 2. The predicted octanol–water partition coefficient (Wildman–Crippen LogP) is 3.92. The van der Waals surface area contributed by atoms with Crippen LogP contribution < -0.4 is 10.6 Å². The molecule has 1 aromatic rings. The molecule has 1 aliphatic heterocycles. The van der Waals surface area contributed by atoms with Crippen LogP contribution in [0.5, 0.6) is 0 Å². The lowest BCUT2D eigenvalue weighted by molar-refractivity contribution is -0.384. The Labute approximate surface area is 185 Å². The van der Waals surface area contributed by atoms with Gasteiger partial charge in [0.1, 0.15) is 0 Å². The molecule has 2 rings (SSSR count). The van der Waals surface area contributed by atoms with Crippen LogP contribution in [-0.4, -0.2) is 47.0 Å². The van der Waals surface area contributed by atoms with E-state index in [1.807, 2.05) is 0 Å². The lowest BCUT2D eigenvalue weighted by atomic mass is 10.0. The number of nitrogens with one attached hydrogen (secondary N) is 2. The van der Waals surface area contributed by atoms with Gasteiger partial charge in [-0.3, -0.25) is 10.1 Å². The fraction of sp³-hybridized carbons (Fsp3) is 0.650. The number of likely N-dealkylation sites (tertiary alicyclic amines) is 1. The molecule has 0 spiro atoms. The standard InChI is InChI=1S/C20H33N5O2.HI/c1-5-16(4)22-20(23-18-10-12-24(13-11-18)15(2)3)21-14-17-6-8-19(9-7-17)25(26)27;/h6-9,15-16,18H,5,10-14H2,1-4H3,(H2,21,22,23);1H. The van der Waals surface area contributed by atoms with E-state index in [9.17, 15) is 10.1 Å². The minimum absolute atomic E-state index is 0. The average molecular weight is 503 g/mol. The molecule has 0 aliphatic carbocycles. The van der Waals surface area contributed by atoms with Crippen LogP contribution in [0.15, 0.2) is 29.3 Å². The summed E-state index contributed by atoms with van der Waals surface area (Å²) in [7, 11) is 0.